The molecule has 2 rings (SSSR count). The van der Waals surface area contributed by atoms with Crippen LogP contribution < -0.4 is 10.1 Å². The van der Waals surface area contributed by atoms with E-state index in [2.05, 4.69) is 5.32 Å². The third-order valence-corrected chi connectivity index (χ3v) is 3.73. The van der Waals surface area contributed by atoms with E-state index in [1.54, 1.807) is 27.7 Å². The SMILES string of the molecule is CC(CO)Oc1ccccc1CC1(CNC(=O)OC(C)(C)C)OCCO1. The van der Waals surface area contributed by atoms with Gasteiger partial charge in [0.2, 0.25) is 0 Å². The summed E-state index contributed by atoms with van der Waals surface area (Å²) in [6.07, 6.45) is -0.441. The van der Waals surface area contributed by atoms with Gasteiger partial charge in [0.05, 0.1) is 26.4 Å². The molecular formula is C19H29NO6. The molecule has 0 saturated carbocycles. The van der Waals surface area contributed by atoms with Crippen molar-refractivity contribution in [1.82, 2.24) is 5.32 Å². The van der Waals surface area contributed by atoms with E-state index in [0.717, 1.165) is 5.56 Å². The van der Waals surface area contributed by atoms with Crippen molar-refractivity contribution < 1.29 is 28.8 Å². The monoisotopic (exact) mass is 367 g/mol. The number of carbonyl (C=O) groups is 1. The van der Waals surface area contributed by atoms with Crippen molar-refractivity contribution in [2.24, 2.45) is 0 Å². The molecule has 1 heterocycles. The summed E-state index contributed by atoms with van der Waals surface area (Å²) in [6, 6.07) is 7.52. The molecule has 1 saturated heterocycles. The maximum absolute atomic E-state index is 12.0. The van der Waals surface area contributed by atoms with Crippen LogP contribution in [0, 0.1) is 0 Å². The Morgan fingerprint density at radius 1 is 1.31 bits per heavy atom. The van der Waals surface area contributed by atoms with E-state index in [0.29, 0.717) is 25.4 Å². The van der Waals surface area contributed by atoms with Gasteiger partial charge in [0.25, 0.3) is 0 Å². The Labute approximate surface area is 154 Å². The van der Waals surface area contributed by atoms with Crippen molar-refractivity contribution in [3.8, 4) is 5.75 Å². The molecule has 0 aromatic heterocycles. The number of hydrogen-bond donors (Lipinski definition) is 2. The second-order valence-electron chi connectivity index (χ2n) is 7.36. The van der Waals surface area contributed by atoms with Crippen LogP contribution in [0.3, 0.4) is 0 Å². The fraction of sp³-hybridized carbons (Fsp3) is 0.632. The molecule has 1 aliphatic rings. The maximum Gasteiger partial charge on any atom is 0.407 e. The van der Waals surface area contributed by atoms with E-state index in [-0.39, 0.29) is 19.3 Å². The lowest BCUT2D eigenvalue weighted by atomic mass is 10.0. The van der Waals surface area contributed by atoms with E-state index in [9.17, 15) is 9.90 Å². The lowest BCUT2D eigenvalue weighted by Crippen LogP contribution is -2.47. The number of benzene rings is 1. The number of rotatable bonds is 7. The van der Waals surface area contributed by atoms with E-state index in [1.807, 2.05) is 24.3 Å². The van der Waals surface area contributed by atoms with Crippen molar-refractivity contribution >= 4 is 6.09 Å². The van der Waals surface area contributed by atoms with Crippen LogP contribution in [0.2, 0.25) is 0 Å². The molecule has 0 spiro atoms. The van der Waals surface area contributed by atoms with Crippen LogP contribution in [0.1, 0.15) is 33.3 Å². The van der Waals surface area contributed by atoms with Gasteiger partial charge in [0.1, 0.15) is 17.5 Å². The van der Waals surface area contributed by atoms with E-state index < -0.39 is 17.5 Å². The summed E-state index contributed by atoms with van der Waals surface area (Å²) in [5, 5.41) is 11.9. The Bertz CT molecular complexity index is 592. The predicted octanol–water partition coefficient (Wildman–Crippen LogP) is 2.26. The summed E-state index contributed by atoms with van der Waals surface area (Å²) < 4.78 is 22.7. The second kappa shape index (κ2) is 8.70. The summed E-state index contributed by atoms with van der Waals surface area (Å²) >= 11 is 0. The highest BCUT2D eigenvalue weighted by atomic mass is 16.7. The number of alkyl carbamates (subject to hydrolysis) is 1. The summed E-state index contributed by atoms with van der Waals surface area (Å²) in [7, 11) is 0. The normalized spacial score (nSPS) is 17.6. The van der Waals surface area contributed by atoms with E-state index >= 15 is 0 Å². The number of para-hydroxylation sites is 1. The molecule has 1 fully saturated rings. The van der Waals surface area contributed by atoms with E-state index in [1.165, 1.54) is 0 Å². The third-order valence-electron chi connectivity index (χ3n) is 3.73. The largest absolute Gasteiger partial charge is 0.488 e. The second-order valence-corrected chi connectivity index (χ2v) is 7.36. The van der Waals surface area contributed by atoms with Gasteiger partial charge in [0, 0.05) is 6.42 Å². The van der Waals surface area contributed by atoms with Crippen LogP contribution in [0.25, 0.3) is 0 Å². The van der Waals surface area contributed by atoms with Crippen LogP contribution in [0.5, 0.6) is 5.75 Å². The number of nitrogens with one attached hydrogen (secondary N) is 1. The Morgan fingerprint density at radius 2 is 1.96 bits per heavy atom. The van der Waals surface area contributed by atoms with Crippen LogP contribution in [-0.2, 0) is 20.6 Å². The first kappa shape index (κ1) is 20.5. The minimum absolute atomic E-state index is 0.0767. The highest BCUT2D eigenvalue weighted by molar-refractivity contribution is 5.67. The van der Waals surface area contributed by atoms with Gasteiger partial charge in [0.15, 0.2) is 5.79 Å². The first-order valence-electron chi connectivity index (χ1n) is 8.83. The third kappa shape index (κ3) is 6.16. The number of amides is 1. The predicted molar refractivity (Wildman–Crippen MR) is 96.2 cm³/mol. The number of carbonyl (C=O) groups excluding carboxylic acids is 1. The molecule has 0 radical (unpaired) electrons. The topological polar surface area (TPSA) is 86.3 Å². The van der Waals surface area contributed by atoms with Gasteiger partial charge in [-0.1, -0.05) is 18.2 Å². The zero-order valence-electron chi connectivity index (χ0n) is 15.9. The van der Waals surface area contributed by atoms with Crippen LogP contribution in [0.15, 0.2) is 24.3 Å². The number of aliphatic hydroxyl groups is 1. The maximum atomic E-state index is 12.0. The van der Waals surface area contributed by atoms with Crippen molar-refractivity contribution in [2.45, 2.75) is 51.6 Å². The molecule has 1 atom stereocenters. The lowest BCUT2D eigenvalue weighted by molar-refractivity contribution is -0.152. The van der Waals surface area contributed by atoms with Gasteiger partial charge in [-0.3, -0.25) is 0 Å². The lowest BCUT2D eigenvalue weighted by Gasteiger charge is -2.29. The molecule has 1 aromatic carbocycles. The van der Waals surface area contributed by atoms with Crippen molar-refractivity contribution in [3.63, 3.8) is 0 Å². The highest BCUT2D eigenvalue weighted by Gasteiger charge is 2.38. The molecule has 1 unspecified atom stereocenters. The van der Waals surface area contributed by atoms with Crippen molar-refractivity contribution in [1.29, 1.82) is 0 Å². The zero-order valence-corrected chi connectivity index (χ0v) is 15.9. The quantitative estimate of drug-likeness (QED) is 0.769. The summed E-state index contributed by atoms with van der Waals surface area (Å²) in [5.41, 5.74) is 0.302. The molecular weight excluding hydrogens is 338 g/mol. The molecule has 26 heavy (non-hydrogen) atoms. The number of hydrogen-bond acceptors (Lipinski definition) is 6. The molecule has 1 amide bonds. The average Bonchev–Trinajstić information content (AvgIpc) is 3.02. The molecule has 146 valence electrons. The fourth-order valence-electron chi connectivity index (χ4n) is 2.59. The number of ether oxygens (including phenoxy) is 4. The highest BCUT2D eigenvalue weighted by Crippen LogP contribution is 2.29. The molecule has 7 nitrogen and oxygen atoms in total. The molecule has 1 aliphatic heterocycles. The van der Waals surface area contributed by atoms with Gasteiger partial charge in [-0.15, -0.1) is 0 Å². The van der Waals surface area contributed by atoms with Gasteiger partial charge in [-0.05, 0) is 39.3 Å². The molecule has 1 aromatic rings. The Kier molecular flexibility index (Phi) is 6.86. The standard InChI is InChI=1S/C19H29NO6/c1-14(12-21)25-16-8-6-5-7-15(16)11-19(23-9-10-24-19)13-20-17(22)26-18(2,3)4/h5-8,14,21H,9-13H2,1-4H3,(H,20,22). The summed E-state index contributed by atoms with van der Waals surface area (Å²) in [6.45, 7) is 8.19. The first-order valence-corrected chi connectivity index (χ1v) is 8.83. The van der Waals surface area contributed by atoms with Gasteiger partial charge < -0.3 is 29.4 Å². The van der Waals surface area contributed by atoms with Crippen molar-refractivity contribution in [2.75, 3.05) is 26.4 Å². The molecule has 0 aliphatic carbocycles. The molecule has 2 N–H and O–H groups in total. The zero-order chi connectivity index (χ0) is 19.2. The van der Waals surface area contributed by atoms with Gasteiger partial charge in [-0.25, -0.2) is 4.79 Å². The molecule has 0 bridgehead atoms. The average molecular weight is 367 g/mol. The Morgan fingerprint density at radius 3 is 2.58 bits per heavy atom. The molecule has 7 heteroatoms. The minimum atomic E-state index is -0.973. The smallest absolute Gasteiger partial charge is 0.407 e. The van der Waals surface area contributed by atoms with Gasteiger partial charge in [-0.2, -0.15) is 0 Å². The fourth-order valence-corrected chi connectivity index (χ4v) is 2.59. The summed E-state index contributed by atoms with van der Waals surface area (Å²) in [4.78, 5) is 12.0. The van der Waals surface area contributed by atoms with Crippen molar-refractivity contribution in [3.05, 3.63) is 29.8 Å². The Balaban J connectivity index is 2.07. The van der Waals surface area contributed by atoms with Gasteiger partial charge >= 0.3 is 6.09 Å². The summed E-state index contributed by atoms with van der Waals surface area (Å²) in [5.74, 6) is -0.316. The van der Waals surface area contributed by atoms with E-state index in [4.69, 9.17) is 18.9 Å². The Hall–Kier alpha value is -1.83. The number of aliphatic hydroxyl groups excluding tert-OH is 1. The van der Waals surface area contributed by atoms with Crippen LogP contribution in [0.4, 0.5) is 4.79 Å². The van der Waals surface area contributed by atoms with Crippen LogP contribution >= 0.6 is 0 Å². The minimum Gasteiger partial charge on any atom is -0.488 e. The first-order chi connectivity index (χ1) is 12.2. The van der Waals surface area contributed by atoms with Crippen LogP contribution in [-0.4, -0.2) is 55.1 Å².